The molecule has 4 aromatic rings. The summed E-state index contributed by atoms with van der Waals surface area (Å²) in [5.74, 6) is 0.155. The highest BCUT2D eigenvalue weighted by molar-refractivity contribution is 8.18. The standard InChI is InChI=1S/C28H19Cl2N3O4S/c29-19-8-10-23(22(30)16-19)32-31-20-9-11-24(34)18(14-20)15-26-27(35)33(28(36)38-26)12-13-37-25-7-3-5-17-4-1-2-6-21(17)25/h1-11,14-16,34H,12-13H2/b26-15-,32-31?. The molecule has 0 atom stereocenters. The largest absolute Gasteiger partial charge is 0.507 e. The lowest BCUT2D eigenvalue weighted by Crippen LogP contribution is -2.32. The number of hydrogen-bond donors (Lipinski definition) is 1. The number of carbonyl (C=O) groups excluding carboxylic acids is 2. The Morgan fingerprint density at radius 2 is 1.76 bits per heavy atom. The first-order valence-corrected chi connectivity index (χ1v) is 13.0. The van der Waals surface area contributed by atoms with Gasteiger partial charge in [0.25, 0.3) is 11.1 Å². The SMILES string of the molecule is O=C1S/C(=C\c2cc(N=Nc3ccc(Cl)cc3Cl)ccc2O)C(=O)N1CCOc1cccc2ccccc12. The van der Waals surface area contributed by atoms with Crippen LogP contribution in [0.5, 0.6) is 11.5 Å². The van der Waals surface area contributed by atoms with E-state index in [2.05, 4.69) is 10.2 Å². The predicted octanol–water partition coefficient (Wildman–Crippen LogP) is 8.38. The molecule has 38 heavy (non-hydrogen) atoms. The molecule has 4 aromatic carbocycles. The van der Waals surface area contributed by atoms with Gasteiger partial charge in [0.15, 0.2) is 0 Å². The van der Waals surface area contributed by atoms with Crippen LogP contribution in [0, 0.1) is 0 Å². The Balaban J connectivity index is 1.28. The number of amides is 2. The van der Waals surface area contributed by atoms with Crippen molar-refractivity contribution in [2.75, 3.05) is 13.2 Å². The second-order valence-corrected chi connectivity index (χ2v) is 10.0. The van der Waals surface area contributed by atoms with Crippen molar-refractivity contribution in [2.45, 2.75) is 0 Å². The Bertz CT molecular complexity index is 1620. The second-order valence-electron chi connectivity index (χ2n) is 8.20. The minimum Gasteiger partial charge on any atom is -0.507 e. The molecule has 0 saturated carbocycles. The van der Waals surface area contributed by atoms with Crippen LogP contribution in [0.1, 0.15) is 5.56 Å². The quantitative estimate of drug-likeness (QED) is 0.180. The molecule has 0 radical (unpaired) electrons. The highest BCUT2D eigenvalue weighted by atomic mass is 35.5. The lowest BCUT2D eigenvalue weighted by molar-refractivity contribution is -0.123. The van der Waals surface area contributed by atoms with Gasteiger partial charge in [0.05, 0.1) is 22.2 Å². The topological polar surface area (TPSA) is 91.6 Å². The van der Waals surface area contributed by atoms with Gasteiger partial charge in [0.1, 0.15) is 23.8 Å². The zero-order chi connectivity index (χ0) is 26.6. The molecule has 190 valence electrons. The van der Waals surface area contributed by atoms with Gasteiger partial charge in [-0.3, -0.25) is 14.5 Å². The lowest BCUT2D eigenvalue weighted by Gasteiger charge is -2.14. The molecule has 1 aliphatic rings. The van der Waals surface area contributed by atoms with Crippen molar-refractivity contribution in [1.29, 1.82) is 0 Å². The normalized spacial score (nSPS) is 14.8. The molecule has 0 unspecified atom stereocenters. The number of phenols is 1. The zero-order valence-electron chi connectivity index (χ0n) is 19.7. The minimum absolute atomic E-state index is 0.0698. The van der Waals surface area contributed by atoms with E-state index in [4.69, 9.17) is 27.9 Å². The van der Waals surface area contributed by atoms with E-state index in [1.807, 2.05) is 42.5 Å². The zero-order valence-corrected chi connectivity index (χ0v) is 22.0. The first-order chi connectivity index (χ1) is 18.4. The maximum atomic E-state index is 13.0. The van der Waals surface area contributed by atoms with Gasteiger partial charge in [-0.05, 0) is 65.7 Å². The van der Waals surface area contributed by atoms with Gasteiger partial charge in [-0.1, -0.05) is 59.6 Å². The molecule has 0 spiro atoms. The minimum atomic E-state index is -0.458. The summed E-state index contributed by atoms with van der Waals surface area (Å²) in [6.07, 6.45) is 1.46. The third-order valence-corrected chi connectivity index (χ3v) is 7.12. The van der Waals surface area contributed by atoms with Gasteiger partial charge in [-0.15, -0.1) is 5.11 Å². The molecule has 0 aliphatic carbocycles. The smallest absolute Gasteiger partial charge is 0.293 e. The van der Waals surface area contributed by atoms with Crippen LogP contribution in [0.4, 0.5) is 16.2 Å². The van der Waals surface area contributed by atoms with Crippen LogP contribution < -0.4 is 4.74 Å². The molecular formula is C28H19Cl2N3O4S. The van der Waals surface area contributed by atoms with Gasteiger partial charge in [-0.2, -0.15) is 5.11 Å². The highest BCUT2D eigenvalue weighted by Gasteiger charge is 2.35. The molecular weight excluding hydrogens is 545 g/mol. The molecule has 1 heterocycles. The number of ether oxygens (including phenoxy) is 1. The van der Waals surface area contributed by atoms with E-state index in [1.165, 1.54) is 12.1 Å². The maximum Gasteiger partial charge on any atom is 0.293 e. The fourth-order valence-corrected chi connectivity index (χ4v) is 5.10. The predicted molar refractivity (Wildman–Crippen MR) is 151 cm³/mol. The van der Waals surface area contributed by atoms with E-state index in [0.29, 0.717) is 32.7 Å². The molecule has 1 N–H and O–H groups in total. The van der Waals surface area contributed by atoms with Gasteiger partial charge in [0, 0.05) is 16.0 Å². The number of halogens is 2. The van der Waals surface area contributed by atoms with Crippen LogP contribution in [-0.2, 0) is 4.79 Å². The van der Waals surface area contributed by atoms with Gasteiger partial charge >= 0.3 is 0 Å². The van der Waals surface area contributed by atoms with Crippen LogP contribution in [0.2, 0.25) is 10.0 Å². The van der Waals surface area contributed by atoms with Crippen LogP contribution in [-0.4, -0.2) is 34.3 Å². The summed E-state index contributed by atoms with van der Waals surface area (Å²) in [6.45, 7) is 0.237. The summed E-state index contributed by atoms with van der Waals surface area (Å²) in [5, 5.41) is 21.0. The summed E-state index contributed by atoms with van der Waals surface area (Å²) in [6, 6.07) is 22.9. The van der Waals surface area contributed by atoms with Gasteiger partial charge in [0.2, 0.25) is 0 Å². The number of thioether (sulfide) groups is 1. The number of imide groups is 1. The number of phenolic OH excluding ortho intramolecular Hbond substituents is 1. The Hall–Kier alpha value is -3.85. The van der Waals surface area contributed by atoms with E-state index in [1.54, 1.807) is 30.3 Å². The summed E-state index contributed by atoms with van der Waals surface area (Å²) < 4.78 is 5.89. The molecule has 10 heteroatoms. The number of carbonyl (C=O) groups is 2. The van der Waals surface area contributed by atoms with Crippen molar-refractivity contribution in [3.05, 3.63) is 99.4 Å². The van der Waals surface area contributed by atoms with E-state index in [0.717, 1.165) is 27.4 Å². The van der Waals surface area contributed by atoms with Crippen molar-refractivity contribution >= 4 is 74.3 Å². The van der Waals surface area contributed by atoms with E-state index < -0.39 is 11.1 Å². The molecule has 2 amide bonds. The van der Waals surface area contributed by atoms with Crippen LogP contribution in [0.3, 0.4) is 0 Å². The highest BCUT2D eigenvalue weighted by Crippen LogP contribution is 2.36. The van der Waals surface area contributed by atoms with Crippen LogP contribution >= 0.6 is 35.0 Å². The maximum absolute atomic E-state index is 13.0. The van der Waals surface area contributed by atoms with E-state index in [-0.39, 0.29) is 23.8 Å². The molecule has 7 nitrogen and oxygen atoms in total. The van der Waals surface area contributed by atoms with E-state index >= 15 is 0 Å². The van der Waals surface area contributed by atoms with Crippen molar-refractivity contribution in [3.63, 3.8) is 0 Å². The average molecular weight is 564 g/mol. The van der Waals surface area contributed by atoms with Crippen molar-refractivity contribution in [3.8, 4) is 11.5 Å². The summed E-state index contributed by atoms with van der Waals surface area (Å²) in [4.78, 5) is 26.8. The van der Waals surface area contributed by atoms with Crippen LogP contribution in [0.15, 0.2) is 94.0 Å². The monoisotopic (exact) mass is 563 g/mol. The summed E-state index contributed by atoms with van der Waals surface area (Å²) in [7, 11) is 0. The fourth-order valence-electron chi connectivity index (χ4n) is 3.80. The van der Waals surface area contributed by atoms with Gasteiger partial charge in [-0.25, -0.2) is 0 Å². The summed E-state index contributed by atoms with van der Waals surface area (Å²) >= 11 is 12.8. The number of nitrogens with zero attached hydrogens (tertiary/aromatic N) is 3. The molecule has 1 fully saturated rings. The van der Waals surface area contributed by atoms with E-state index in [9.17, 15) is 14.7 Å². The average Bonchev–Trinajstić information content (AvgIpc) is 3.17. The second kappa shape index (κ2) is 11.3. The lowest BCUT2D eigenvalue weighted by atomic mass is 10.1. The van der Waals surface area contributed by atoms with Crippen LogP contribution in [0.25, 0.3) is 16.8 Å². The number of rotatable bonds is 7. The Morgan fingerprint density at radius 1 is 0.947 bits per heavy atom. The molecule has 5 rings (SSSR count). The van der Waals surface area contributed by atoms with Crippen molar-refractivity contribution in [2.24, 2.45) is 10.2 Å². The third kappa shape index (κ3) is 5.67. The molecule has 0 bridgehead atoms. The number of benzene rings is 4. The first kappa shape index (κ1) is 25.8. The fraction of sp³-hybridized carbons (Fsp3) is 0.0714. The van der Waals surface area contributed by atoms with Gasteiger partial charge < -0.3 is 9.84 Å². The summed E-state index contributed by atoms with van der Waals surface area (Å²) in [5.41, 5.74) is 1.17. The Kier molecular flexibility index (Phi) is 7.64. The number of fused-ring (bicyclic) bond motifs is 1. The molecule has 0 aromatic heterocycles. The molecule has 1 aliphatic heterocycles. The third-order valence-electron chi connectivity index (χ3n) is 5.68. The number of hydrogen-bond acceptors (Lipinski definition) is 7. The number of aromatic hydroxyl groups is 1. The number of azo groups is 1. The molecule has 1 saturated heterocycles. The Morgan fingerprint density at radius 3 is 2.61 bits per heavy atom. The first-order valence-electron chi connectivity index (χ1n) is 11.4. The van der Waals surface area contributed by atoms with Crippen molar-refractivity contribution < 1.29 is 19.4 Å². The van der Waals surface area contributed by atoms with Crippen molar-refractivity contribution in [1.82, 2.24) is 4.90 Å². The Labute approximate surface area is 232 Å².